The average molecular weight is 235 g/mol. The lowest BCUT2D eigenvalue weighted by atomic mass is 9.98. The van der Waals surface area contributed by atoms with Crippen LogP contribution in [-0.2, 0) is 19.1 Å². The van der Waals surface area contributed by atoms with Gasteiger partial charge in [0.2, 0.25) is 6.29 Å². The lowest BCUT2D eigenvalue weighted by Gasteiger charge is -2.14. The molecular formula is C13H15O4. The molecule has 0 heterocycles. The number of carbonyl (C=O) groups excluding carboxylic acids is 2. The molecule has 0 bridgehead atoms. The molecule has 0 aliphatic carbocycles. The van der Waals surface area contributed by atoms with Crippen LogP contribution in [-0.4, -0.2) is 18.7 Å². The van der Waals surface area contributed by atoms with E-state index in [0.717, 1.165) is 5.56 Å². The molecule has 1 rings (SSSR count). The van der Waals surface area contributed by atoms with Gasteiger partial charge in [-0.2, -0.15) is 0 Å². The van der Waals surface area contributed by atoms with Gasteiger partial charge in [-0.3, -0.25) is 4.79 Å². The quantitative estimate of drug-likeness (QED) is 0.560. The predicted molar refractivity (Wildman–Crippen MR) is 61.8 cm³/mol. The van der Waals surface area contributed by atoms with Crippen molar-refractivity contribution in [2.24, 2.45) is 0 Å². The first-order chi connectivity index (χ1) is 8.13. The lowest BCUT2D eigenvalue weighted by Crippen LogP contribution is -2.18. The zero-order chi connectivity index (χ0) is 12.7. The van der Waals surface area contributed by atoms with Crippen molar-refractivity contribution in [1.29, 1.82) is 0 Å². The van der Waals surface area contributed by atoms with Gasteiger partial charge < -0.3 is 9.47 Å². The van der Waals surface area contributed by atoms with E-state index in [2.05, 4.69) is 4.74 Å². The number of rotatable bonds is 6. The van der Waals surface area contributed by atoms with Crippen LogP contribution in [0.15, 0.2) is 30.3 Å². The monoisotopic (exact) mass is 235 g/mol. The van der Waals surface area contributed by atoms with Gasteiger partial charge in [0.05, 0.1) is 6.42 Å². The van der Waals surface area contributed by atoms with Crippen molar-refractivity contribution in [2.45, 2.75) is 32.5 Å². The van der Waals surface area contributed by atoms with Crippen molar-refractivity contribution < 1.29 is 19.1 Å². The fourth-order valence-electron chi connectivity index (χ4n) is 1.47. The third-order valence-electron chi connectivity index (χ3n) is 2.35. The molecule has 0 aliphatic rings. The maximum Gasteiger partial charge on any atom is 0.420 e. The van der Waals surface area contributed by atoms with E-state index in [0.29, 0.717) is 0 Å². The van der Waals surface area contributed by atoms with Gasteiger partial charge in [0.1, 0.15) is 0 Å². The van der Waals surface area contributed by atoms with Crippen LogP contribution in [0.1, 0.15) is 31.7 Å². The molecule has 1 aromatic carbocycles. The normalized spacial score (nSPS) is 13.5. The number of esters is 1. The molecule has 2 unspecified atom stereocenters. The Balaban J connectivity index is 2.43. The number of carbonyl (C=O) groups is 1. The number of benzene rings is 1. The number of hydrogen-bond donors (Lipinski definition) is 0. The van der Waals surface area contributed by atoms with Gasteiger partial charge in [-0.25, -0.2) is 4.79 Å². The Hall–Kier alpha value is -1.84. The largest absolute Gasteiger partial charge is 0.425 e. The summed E-state index contributed by atoms with van der Waals surface area (Å²) in [6.45, 7) is 4.64. The Morgan fingerprint density at radius 3 is 2.53 bits per heavy atom. The molecule has 0 amide bonds. The van der Waals surface area contributed by atoms with Crippen LogP contribution < -0.4 is 0 Å². The molecule has 0 saturated heterocycles. The van der Waals surface area contributed by atoms with Crippen molar-refractivity contribution in [3.63, 3.8) is 0 Å². The van der Waals surface area contributed by atoms with Crippen LogP contribution in [0.5, 0.6) is 0 Å². The van der Waals surface area contributed by atoms with E-state index < -0.39 is 12.3 Å². The maximum atomic E-state index is 11.5. The van der Waals surface area contributed by atoms with Crippen LogP contribution in [0.3, 0.4) is 0 Å². The highest BCUT2D eigenvalue weighted by molar-refractivity contribution is 5.70. The van der Waals surface area contributed by atoms with E-state index in [4.69, 9.17) is 4.74 Å². The van der Waals surface area contributed by atoms with E-state index >= 15 is 0 Å². The third kappa shape index (κ3) is 4.68. The molecule has 0 aromatic heterocycles. The number of ether oxygens (including phenoxy) is 2. The van der Waals surface area contributed by atoms with Crippen LogP contribution >= 0.6 is 0 Å². The second kappa shape index (κ2) is 6.68. The Bertz CT molecular complexity index is 361. The summed E-state index contributed by atoms with van der Waals surface area (Å²) in [5.74, 6) is -0.333. The second-order valence-corrected chi connectivity index (χ2v) is 3.77. The Labute approximate surface area is 101 Å². The summed E-state index contributed by atoms with van der Waals surface area (Å²) >= 11 is 0. The minimum absolute atomic E-state index is 0.0658. The van der Waals surface area contributed by atoms with E-state index in [1.807, 2.05) is 37.3 Å². The Morgan fingerprint density at radius 2 is 1.94 bits per heavy atom. The topological polar surface area (TPSA) is 52.6 Å². The van der Waals surface area contributed by atoms with Crippen molar-refractivity contribution in [2.75, 3.05) is 0 Å². The molecule has 91 valence electrons. The number of hydrogen-bond acceptors (Lipinski definition) is 4. The Morgan fingerprint density at radius 1 is 1.29 bits per heavy atom. The summed E-state index contributed by atoms with van der Waals surface area (Å²) in [5, 5.41) is 0. The molecule has 17 heavy (non-hydrogen) atoms. The van der Waals surface area contributed by atoms with Gasteiger partial charge in [0.25, 0.3) is 0 Å². The van der Waals surface area contributed by atoms with Gasteiger partial charge in [-0.15, -0.1) is 0 Å². The van der Waals surface area contributed by atoms with Crippen molar-refractivity contribution in [3.8, 4) is 0 Å². The first-order valence-corrected chi connectivity index (χ1v) is 5.40. The summed E-state index contributed by atoms with van der Waals surface area (Å²) in [7, 11) is 0. The molecule has 1 radical (unpaired) electrons. The first-order valence-electron chi connectivity index (χ1n) is 5.40. The summed E-state index contributed by atoms with van der Waals surface area (Å²) in [4.78, 5) is 21.4. The maximum absolute atomic E-state index is 11.5. The SMILES string of the molecule is CC(O[C]=O)OC(=O)CC(C)c1ccccc1. The van der Waals surface area contributed by atoms with Gasteiger partial charge in [0.15, 0.2) is 0 Å². The van der Waals surface area contributed by atoms with Crippen molar-refractivity contribution in [1.82, 2.24) is 0 Å². The molecule has 0 N–H and O–H groups in total. The molecule has 1 aromatic rings. The van der Waals surface area contributed by atoms with Crippen LogP contribution in [0.4, 0.5) is 0 Å². The fraction of sp³-hybridized carbons (Fsp3) is 0.385. The van der Waals surface area contributed by atoms with Gasteiger partial charge >= 0.3 is 12.4 Å². The molecule has 4 nitrogen and oxygen atoms in total. The smallest absolute Gasteiger partial charge is 0.420 e. The Kier molecular flexibility index (Phi) is 5.20. The molecule has 4 heteroatoms. The average Bonchev–Trinajstić information content (AvgIpc) is 2.30. The van der Waals surface area contributed by atoms with Gasteiger partial charge in [0, 0.05) is 6.92 Å². The third-order valence-corrected chi connectivity index (χ3v) is 2.35. The summed E-state index contributed by atoms with van der Waals surface area (Å²) in [5.41, 5.74) is 1.07. The first kappa shape index (κ1) is 13.2. The zero-order valence-corrected chi connectivity index (χ0v) is 9.88. The standard InChI is InChI=1S/C13H15O4/c1-10(12-6-4-3-5-7-12)8-13(15)17-11(2)16-9-14/h3-7,10-11H,8H2,1-2H3. The van der Waals surface area contributed by atoms with Crippen LogP contribution in [0.25, 0.3) is 0 Å². The molecule has 2 atom stereocenters. The highest BCUT2D eigenvalue weighted by Gasteiger charge is 2.15. The highest BCUT2D eigenvalue weighted by atomic mass is 16.7. The summed E-state index contributed by atoms with van der Waals surface area (Å²) in [6.07, 6.45) is -0.640. The predicted octanol–water partition coefficient (Wildman–Crippen LogP) is 2.15. The van der Waals surface area contributed by atoms with Crippen LogP contribution in [0.2, 0.25) is 0 Å². The summed E-state index contributed by atoms with van der Waals surface area (Å²) < 4.78 is 9.21. The van der Waals surface area contributed by atoms with Crippen molar-refractivity contribution in [3.05, 3.63) is 35.9 Å². The molecule has 0 spiro atoms. The zero-order valence-electron chi connectivity index (χ0n) is 9.88. The van der Waals surface area contributed by atoms with E-state index in [1.165, 1.54) is 13.4 Å². The van der Waals surface area contributed by atoms with E-state index in [-0.39, 0.29) is 12.3 Å². The molecule has 0 aliphatic heterocycles. The highest BCUT2D eigenvalue weighted by Crippen LogP contribution is 2.19. The molecule has 0 saturated carbocycles. The minimum Gasteiger partial charge on any atom is -0.425 e. The molecular weight excluding hydrogens is 220 g/mol. The van der Waals surface area contributed by atoms with Gasteiger partial charge in [-0.05, 0) is 11.5 Å². The van der Waals surface area contributed by atoms with E-state index in [9.17, 15) is 9.59 Å². The second-order valence-electron chi connectivity index (χ2n) is 3.77. The lowest BCUT2D eigenvalue weighted by molar-refractivity contribution is -0.163. The van der Waals surface area contributed by atoms with Crippen molar-refractivity contribution >= 4 is 12.4 Å². The van der Waals surface area contributed by atoms with Gasteiger partial charge in [-0.1, -0.05) is 37.3 Å². The minimum atomic E-state index is -0.886. The molecule has 0 fully saturated rings. The summed E-state index contributed by atoms with van der Waals surface area (Å²) in [6, 6.07) is 9.67. The van der Waals surface area contributed by atoms with E-state index in [1.54, 1.807) is 0 Å². The van der Waals surface area contributed by atoms with Crippen LogP contribution in [0, 0.1) is 0 Å². The fourth-order valence-corrected chi connectivity index (χ4v) is 1.47.